The van der Waals surface area contributed by atoms with E-state index in [1.165, 1.54) is 45.2 Å². The molecule has 1 aliphatic carbocycles. The maximum absolute atomic E-state index is 12.0. The summed E-state index contributed by atoms with van der Waals surface area (Å²) < 4.78 is 0. The van der Waals surface area contributed by atoms with Gasteiger partial charge in [0.15, 0.2) is 0 Å². The first kappa shape index (κ1) is 13.7. The molecule has 18 heavy (non-hydrogen) atoms. The van der Waals surface area contributed by atoms with Crippen molar-refractivity contribution in [3.8, 4) is 0 Å². The Hall–Kier alpha value is -0.770. The number of likely N-dealkylation sites (tertiary alicyclic amines) is 1. The fourth-order valence-electron chi connectivity index (χ4n) is 2.93. The third-order valence-corrected chi connectivity index (χ3v) is 4.23. The molecule has 2 fully saturated rings. The lowest BCUT2D eigenvalue weighted by molar-refractivity contribution is 0.181. The van der Waals surface area contributed by atoms with Crippen LogP contribution in [0.25, 0.3) is 0 Å². The minimum absolute atomic E-state index is 0.110. The number of urea groups is 1. The molecule has 0 aromatic heterocycles. The van der Waals surface area contributed by atoms with E-state index in [0.29, 0.717) is 6.04 Å². The van der Waals surface area contributed by atoms with Gasteiger partial charge in [-0.15, -0.1) is 0 Å². The highest BCUT2D eigenvalue weighted by Crippen LogP contribution is 2.17. The summed E-state index contributed by atoms with van der Waals surface area (Å²) in [6.45, 7) is 4.28. The second kappa shape index (κ2) is 6.98. The van der Waals surface area contributed by atoms with Gasteiger partial charge in [-0.3, -0.25) is 0 Å². The molecule has 1 saturated heterocycles. The highest BCUT2D eigenvalue weighted by atomic mass is 16.2. The van der Waals surface area contributed by atoms with Crippen LogP contribution in [0.1, 0.15) is 44.9 Å². The number of amides is 2. The van der Waals surface area contributed by atoms with Gasteiger partial charge < -0.3 is 15.1 Å². The number of likely N-dealkylation sites (N-methyl/N-ethyl adjacent to an activating group) is 1. The molecule has 1 aliphatic heterocycles. The normalized spacial score (nSPS) is 22.1. The van der Waals surface area contributed by atoms with Crippen LogP contribution >= 0.6 is 0 Å². The molecule has 0 radical (unpaired) electrons. The molecule has 0 unspecified atom stereocenters. The first-order chi connectivity index (χ1) is 8.75. The molecule has 0 aromatic carbocycles. The number of rotatable bonds is 4. The number of hydrogen-bond donors (Lipinski definition) is 1. The van der Waals surface area contributed by atoms with E-state index in [2.05, 4.69) is 10.2 Å². The minimum atomic E-state index is 0.110. The number of nitrogens with one attached hydrogen (secondary N) is 1. The lowest BCUT2D eigenvalue weighted by Gasteiger charge is -2.29. The molecule has 2 amide bonds. The molecule has 2 rings (SSSR count). The van der Waals surface area contributed by atoms with Crippen molar-refractivity contribution in [3.05, 3.63) is 0 Å². The fourth-order valence-corrected chi connectivity index (χ4v) is 2.93. The first-order valence-electron chi connectivity index (χ1n) is 7.50. The van der Waals surface area contributed by atoms with Crippen LogP contribution in [0, 0.1) is 0 Å². The van der Waals surface area contributed by atoms with E-state index in [9.17, 15) is 4.79 Å². The Morgan fingerprint density at radius 3 is 2.50 bits per heavy atom. The number of hydrogen-bond acceptors (Lipinski definition) is 2. The molecule has 0 aromatic rings. The molecule has 4 nitrogen and oxygen atoms in total. The van der Waals surface area contributed by atoms with E-state index < -0.39 is 0 Å². The van der Waals surface area contributed by atoms with E-state index in [4.69, 9.17) is 0 Å². The summed E-state index contributed by atoms with van der Waals surface area (Å²) in [7, 11) is 1.91. The standard InChI is InChI=1S/C14H27N3O/c1-16(11-12-17-9-5-2-6-10-17)14(18)15-13-7-3-4-8-13/h13H,2-12H2,1H3,(H,15,18). The van der Waals surface area contributed by atoms with Crippen LogP contribution in [0.5, 0.6) is 0 Å². The zero-order valence-corrected chi connectivity index (χ0v) is 11.7. The van der Waals surface area contributed by atoms with Crippen molar-refractivity contribution in [1.29, 1.82) is 0 Å². The van der Waals surface area contributed by atoms with E-state index in [0.717, 1.165) is 25.9 Å². The summed E-state index contributed by atoms with van der Waals surface area (Å²) in [4.78, 5) is 16.3. The van der Waals surface area contributed by atoms with Crippen molar-refractivity contribution in [3.63, 3.8) is 0 Å². The van der Waals surface area contributed by atoms with Gasteiger partial charge in [-0.05, 0) is 38.8 Å². The van der Waals surface area contributed by atoms with Gasteiger partial charge in [0.05, 0.1) is 0 Å². The van der Waals surface area contributed by atoms with Gasteiger partial charge in [0.2, 0.25) is 0 Å². The third-order valence-electron chi connectivity index (χ3n) is 4.23. The maximum atomic E-state index is 12.0. The Kier molecular flexibility index (Phi) is 5.29. The topological polar surface area (TPSA) is 35.6 Å². The van der Waals surface area contributed by atoms with Crippen molar-refractivity contribution < 1.29 is 4.79 Å². The van der Waals surface area contributed by atoms with Crippen molar-refractivity contribution in [2.24, 2.45) is 0 Å². The number of piperidine rings is 1. The van der Waals surface area contributed by atoms with Gasteiger partial charge in [0.1, 0.15) is 0 Å². The molecular weight excluding hydrogens is 226 g/mol. The molecule has 0 bridgehead atoms. The average molecular weight is 253 g/mol. The molecule has 1 saturated carbocycles. The lowest BCUT2D eigenvalue weighted by atomic mass is 10.1. The predicted octanol–water partition coefficient (Wildman–Crippen LogP) is 2.06. The molecule has 1 heterocycles. The van der Waals surface area contributed by atoms with Crippen molar-refractivity contribution >= 4 is 6.03 Å². The summed E-state index contributed by atoms with van der Waals surface area (Å²) in [5, 5.41) is 3.13. The van der Waals surface area contributed by atoms with Crippen molar-refractivity contribution in [1.82, 2.24) is 15.1 Å². The summed E-state index contributed by atoms with van der Waals surface area (Å²) in [5.41, 5.74) is 0. The van der Waals surface area contributed by atoms with Gasteiger partial charge in [0.25, 0.3) is 0 Å². The Morgan fingerprint density at radius 1 is 1.17 bits per heavy atom. The number of carbonyl (C=O) groups excluding carboxylic acids is 1. The summed E-state index contributed by atoms with van der Waals surface area (Å²) >= 11 is 0. The highest BCUT2D eigenvalue weighted by Gasteiger charge is 2.19. The zero-order chi connectivity index (χ0) is 12.8. The fraction of sp³-hybridized carbons (Fsp3) is 0.929. The van der Waals surface area contributed by atoms with Gasteiger partial charge in [0, 0.05) is 26.2 Å². The van der Waals surface area contributed by atoms with Crippen LogP contribution in [0.15, 0.2) is 0 Å². The Labute approximate surface area is 111 Å². The van der Waals surface area contributed by atoms with E-state index in [1.807, 2.05) is 11.9 Å². The van der Waals surface area contributed by atoms with Crippen molar-refractivity contribution in [2.75, 3.05) is 33.2 Å². The Balaban J connectivity index is 1.63. The molecule has 2 aliphatic rings. The van der Waals surface area contributed by atoms with Crippen LogP contribution in [-0.4, -0.2) is 55.1 Å². The average Bonchev–Trinajstić information content (AvgIpc) is 2.90. The van der Waals surface area contributed by atoms with Crippen molar-refractivity contribution in [2.45, 2.75) is 51.0 Å². The highest BCUT2D eigenvalue weighted by molar-refractivity contribution is 5.74. The smallest absolute Gasteiger partial charge is 0.317 e. The van der Waals surface area contributed by atoms with Gasteiger partial charge in [-0.25, -0.2) is 4.79 Å². The first-order valence-corrected chi connectivity index (χ1v) is 7.50. The van der Waals surface area contributed by atoms with E-state index in [1.54, 1.807) is 0 Å². The maximum Gasteiger partial charge on any atom is 0.317 e. The monoisotopic (exact) mass is 253 g/mol. The molecule has 1 N–H and O–H groups in total. The van der Waals surface area contributed by atoms with Crippen LogP contribution in [-0.2, 0) is 0 Å². The largest absolute Gasteiger partial charge is 0.335 e. The molecule has 4 heteroatoms. The number of nitrogens with zero attached hydrogens (tertiary/aromatic N) is 2. The molecule has 0 spiro atoms. The zero-order valence-electron chi connectivity index (χ0n) is 11.7. The number of carbonyl (C=O) groups is 1. The summed E-state index contributed by atoms with van der Waals surface area (Å²) in [5.74, 6) is 0. The molecule has 0 atom stereocenters. The van der Waals surface area contributed by atoms with Gasteiger partial charge >= 0.3 is 6.03 Å². The minimum Gasteiger partial charge on any atom is -0.335 e. The SMILES string of the molecule is CN(CCN1CCCCC1)C(=O)NC1CCCC1. The van der Waals surface area contributed by atoms with Crippen LogP contribution in [0.3, 0.4) is 0 Å². The Morgan fingerprint density at radius 2 is 1.83 bits per heavy atom. The van der Waals surface area contributed by atoms with E-state index >= 15 is 0 Å². The second-order valence-corrected chi connectivity index (χ2v) is 5.75. The lowest BCUT2D eigenvalue weighted by Crippen LogP contribution is -2.45. The van der Waals surface area contributed by atoms with Crippen LogP contribution in [0.4, 0.5) is 4.79 Å². The quantitative estimate of drug-likeness (QED) is 0.832. The van der Waals surface area contributed by atoms with Crippen LogP contribution in [0.2, 0.25) is 0 Å². The summed E-state index contributed by atoms with van der Waals surface area (Å²) in [6, 6.07) is 0.536. The Bertz CT molecular complexity index is 258. The molecular formula is C14H27N3O. The van der Waals surface area contributed by atoms with E-state index in [-0.39, 0.29) is 6.03 Å². The molecule has 104 valence electrons. The van der Waals surface area contributed by atoms with Gasteiger partial charge in [-0.1, -0.05) is 19.3 Å². The van der Waals surface area contributed by atoms with Gasteiger partial charge in [-0.2, -0.15) is 0 Å². The summed E-state index contributed by atoms with van der Waals surface area (Å²) in [6.07, 6.45) is 8.85. The second-order valence-electron chi connectivity index (χ2n) is 5.75. The van der Waals surface area contributed by atoms with Crippen LogP contribution < -0.4 is 5.32 Å². The predicted molar refractivity (Wildman–Crippen MR) is 73.7 cm³/mol. The third kappa shape index (κ3) is 4.16.